The van der Waals surface area contributed by atoms with Crippen molar-refractivity contribution in [3.8, 4) is 5.75 Å². The van der Waals surface area contributed by atoms with E-state index in [0.29, 0.717) is 12.4 Å². The highest BCUT2D eigenvalue weighted by Gasteiger charge is 2.09. The van der Waals surface area contributed by atoms with E-state index in [4.69, 9.17) is 4.74 Å². The molecular weight excluding hydrogens is 313 g/mol. The van der Waals surface area contributed by atoms with Gasteiger partial charge in [0.15, 0.2) is 0 Å². The van der Waals surface area contributed by atoms with Crippen LogP contribution in [0.4, 0.5) is 4.39 Å². The number of aromatic nitrogens is 1. The number of nitrogens with zero attached hydrogens (tertiary/aromatic N) is 1. The van der Waals surface area contributed by atoms with Crippen LogP contribution in [0.15, 0.2) is 41.1 Å². The molecule has 2 aromatic rings. The maximum Gasteiger partial charge on any atom is 0.132 e. The summed E-state index contributed by atoms with van der Waals surface area (Å²) in [5.74, 6) is -0.0539. The molecule has 0 radical (unpaired) electrons. The Labute approximate surface area is 119 Å². The summed E-state index contributed by atoms with van der Waals surface area (Å²) in [6, 6.07) is 6.31. The lowest BCUT2D eigenvalue weighted by Crippen LogP contribution is -1.99. The van der Waals surface area contributed by atoms with Gasteiger partial charge >= 0.3 is 0 Å². The number of rotatable bonds is 4. The molecule has 5 heteroatoms. The Balaban J connectivity index is 2.06. The van der Waals surface area contributed by atoms with Gasteiger partial charge < -0.3 is 9.84 Å². The highest BCUT2D eigenvalue weighted by Crippen LogP contribution is 2.22. The molecule has 19 heavy (non-hydrogen) atoms. The van der Waals surface area contributed by atoms with Gasteiger partial charge in [0, 0.05) is 34.1 Å². The van der Waals surface area contributed by atoms with Crippen molar-refractivity contribution >= 4 is 15.9 Å². The summed E-state index contributed by atoms with van der Waals surface area (Å²) < 4.78 is 20.0. The molecule has 0 aliphatic heterocycles. The van der Waals surface area contributed by atoms with E-state index >= 15 is 0 Å². The van der Waals surface area contributed by atoms with Gasteiger partial charge in [0.2, 0.25) is 0 Å². The number of halogens is 2. The maximum absolute atomic E-state index is 13.6. The minimum absolute atomic E-state index is 0.261. The van der Waals surface area contributed by atoms with Crippen molar-refractivity contribution in [3.63, 3.8) is 0 Å². The molecular formula is C14H13BrFNO2. The molecule has 100 valence electrons. The second kappa shape index (κ2) is 6.12. The molecule has 0 fully saturated rings. The van der Waals surface area contributed by atoms with Gasteiger partial charge in [-0.15, -0.1) is 0 Å². The van der Waals surface area contributed by atoms with Crippen LogP contribution >= 0.6 is 15.9 Å². The molecule has 1 atom stereocenters. The molecule has 0 aliphatic carbocycles. The van der Waals surface area contributed by atoms with E-state index in [2.05, 4.69) is 20.9 Å². The third-order valence-electron chi connectivity index (χ3n) is 2.59. The number of aliphatic hydroxyl groups is 1. The lowest BCUT2D eigenvalue weighted by atomic mass is 10.1. The number of hydrogen-bond acceptors (Lipinski definition) is 3. The Morgan fingerprint density at radius 2 is 2.16 bits per heavy atom. The monoisotopic (exact) mass is 325 g/mol. The van der Waals surface area contributed by atoms with Gasteiger partial charge in [-0.3, -0.25) is 4.98 Å². The van der Waals surface area contributed by atoms with E-state index < -0.39 is 11.9 Å². The van der Waals surface area contributed by atoms with E-state index in [-0.39, 0.29) is 5.56 Å². The average molecular weight is 326 g/mol. The van der Waals surface area contributed by atoms with Gasteiger partial charge in [0.05, 0.1) is 6.10 Å². The molecule has 0 spiro atoms. The summed E-state index contributed by atoms with van der Waals surface area (Å²) in [7, 11) is 0. The summed E-state index contributed by atoms with van der Waals surface area (Å²) in [6.45, 7) is 1.83. The van der Waals surface area contributed by atoms with Crippen molar-refractivity contribution in [3.05, 3.63) is 58.1 Å². The second-order valence-electron chi connectivity index (χ2n) is 4.16. The van der Waals surface area contributed by atoms with Crippen molar-refractivity contribution < 1.29 is 14.2 Å². The van der Waals surface area contributed by atoms with Crippen molar-refractivity contribution in [1.29, 1.82) is 0 Å². The Kier molecular flexibility index (Phi) is 4.50. The average Bonchev–Trinajstić information content (AvgIpc) is 2.36. The van der Waals surface area contributed by atoms with Gasteiger partial charge in [0.25, 0.3) is 0 Å². The lowest BCUT2D eigenvalue weighted by Gasteiger charge is -2.10. The topological polar surface area (TPSA) is 42.4 Å². The minimum Gasteiger partial charge on any atom is -0.489 e. The van der Waals surface area contributed by atoms with Crippen molar-refractivity contribution in [1.82, 2.24) is 4.98 Å². The van der Waals surface area contributed by atoms with Crippen LogP contribution in [0.3, 0.4) is 0 Å². The summed E-state index contributed by atoms with van der Waals surface area (Å²) in [5.41, 5.74) is 1.14. The quantitative estimate of drug-likeness (QED) is 0.933. The van der Waals surface area contributed by atoms with Gasteiger partial charge in [0.1, 0.15) is 18.2 Å². The first-order chi connectivity index (χ1) is 9.06. The van der Waals surface area contributed by atoms with Crippen LogP contribution in [0.5, 0.6) is 5.75 Å². The smallest absolute Gasteiger partial charge is 0.132 e. The normalized spacial score (nSPS) is 12.2. The fraction of sp³-hybridized carbons (Fsp3) is 0.214. The molecule has 0 unspecified atom stereocenters. The Hall–Kier alpha value is -1.46. The molecule has 0 amide bonds. The summed E-state index contributed by atoms with van der Waals surface area (Å²) in [5, 5.41) is 9.34. The van der Waals surface area contributed by atoms with Crippen LogP contribution in [0.1, 0.15) is 24.2 Å². The van der Waals surface area contributed by atoms with Gasteiger partial charge in [-0.05, 0) is 41.1 Å². The number of aliphatic hydroxyl groups excluding tert-OH is 1. The molecule has 1 N–H and O–H groups in total. The fourth-order valence-electron chi connectivity index (χ4n) is 1.64. The van der Waals surface area contributed by atoms with Crippen LogP contribution < -0.4 is 4.74 Å². The molecule has 0 aliphatic rings. The molecule has 0 saturated carbocycles. The number of ether oxygens (including phenoxy) is 1. The maximum atomic E-state index is 13.6. The van der Waals surface area contributed by atoms with E-state index in [1.807, 2.05) is 6.07 Å². The van der Waals surface area contributed by atoms with Crippen LogP contribution in [0, 0.1) is 5.82 Å². The van der Waals surface area contributed by atoms with Crippen molar-refractivity contribution in [2.45, 2.75) is 19.6 Å². The van der Waals surface area contributed by atoms with Crippen molar-refractivity contribution in [2.75, 3.05) is 0 Å². The van der Waals surface area contributed by atoms with Gasteiger partial charge in [-0.1, -0.05) is 0 Å². The van der Waals surface area contributed by atoms with Gasteiger partial charge in [-0.2, -0.15) is 0 Å². The number of pyridine rings is 1. The van der Waals surface area contributed by atoms with Crippen LogP contribution in [-0.2, 0) is 6.61 Å². The number of hydrogen-bond donors (Lipinski definition) is 1. The van der Waals surface area contributed by atoms with Gasteiger partial charge in [-0.25, -0.2) is 4.39 Å². The van der Waals surface area contributed by atoms with Crippen molar-refractivity contribution in [2.24, 2.45) is 0 Å². The highest BCUT2D eigenvalue weighted by molar-refractivity contribution is 9.10. The molecule has 1 aromatic heterocycles. The molecule has 1 aromatic carbocycles. The first-order valence-corrected chi connectivity index (χ1v) is 6.55. The largest absolute Gasteiger partial charge is 0.489 e. The molecule has 1 heterocycles. The Morgan fingerprint density at radius 3 is 2.79 bits per heavy atom. The van der Waals surface area contributed by atoms with Crippen LogP contribution in [-0.4, -0.2) is 10.1 Å². The van der Waals surface area contributed by atoms with Crippen LogP contribution in [0.2, 0.25) is 0 Å². The zero-order valence-electron chi connectivity index (χ0n) is 10.3. The van der Waals surface area contributed by atoms with Crippen LogP contribution in [0.25, 0.3) is 0 Å². The SMILES string of the molecule is C[C@@H](O)c1ccc(OCc2cncc(Br)c2)cc1F. The zero-order chi connectivity index (χ0) is 13.8. The van der Waals surface area contributed by atoms with E-state index in [1.165, 1.54) is 19.1 Å². The van der Waals surface area contributed by atoms with E-state index in [0.717, 1.165) is 10.0 Å². The summed E-state index contributed by atoms with van der Waals surface area (Å²) in [4.78, 5) is 4.02. The predicted molar refractivity (Wildman–Crippen MR) is 73.3 cm³/mol. The molecule has 3 nitrogen and oxygen atoms in total. The fourth-order valence-corrected chi connectivity index (χ4v) is 2.05. The second-order valence-corrected chi connectivity index (χ2v) is 5.08. The first-order valence-electron chi connectivity index (χ1n) is 5.76. The standard InChI is InChI=1S/C14H13BrFNO2/c1-9(18)13-3-2-12(5-14(13)16)19-8-10-4-11(15)7-17-6-10/h2-7,9,18H,8H2,1H3/t9-/m1/s1. The predicted octanol–water partition coefficient (Wildman–Crippen LogP) is 3.62. The molecule has 0 saturated heterocycles. The summed E-state index contributed by atoms with van der Waals surface area (Å²) >= 11 is 3.32. The van der Waals surface area contributed by atoms with E-state index in [9.17, 15) is 9.50 Å². The third-order valence-corrected chi connectivity index (χ3v) is 3.02. The highest BCUT2D eigenvalue weighted by atomic mass is 79.9. The molecule has 2 rings (SSSR count). The first kappa shape index (κ1) is 14.0. The number of benzene rings is 1. The third kappa shape index (κ3) is 3.75. The Morgan fingerprint density at radius 1 is 1.37 bits per heavy atom. The lowest BCUT2D eigenvalue weighted by molar-refractivity contribution is 0.194. The van der Waals surface area contributed by atoms with E-state index in [1.54, 1.807) is 18.5 Å². The molecule has 0 bridgehead atoms. The summed E-state index contributed by atoms with van der Waals surface area (Å²) in [6.07, 6.45) is 2.54. The Bertz CT molecular complexity index is 575. The minimum atomic E-state index is -0.830. The zero-order valence-corrected chi connectivity index (χ0v) is 11.9.